The number of halogens is 2. The zero-order valence-corrected chi connectivity index (χ0v) is 18.3. The molecule has 0 amide bonds. The second-order valence-electron chi connectivity index (χ2n) is 5.90. The van der Waals surface area contributed by atoms with Gasteiger partial charge in [-0.1, -0.05) is 29.8 Å². The number of nitrogens with one attached hydrogen (secondary N) is 1. The first-order valence-corrected chi connectivity index (χ1v) is 8.79. The van der Waals surface area contributed by atoms with E-state index in [0.29, 0.717) is 0 Å². The van der Waals surface area contributed by atoms with Crippen molar-refractivity contribution in [1.29, 1.82) is 0 Å². The van der Waals surface area contributed by atoms with Gasteiger partial charge in [0.2, 0.25) is 5.56 Å². The van der Waals surface area contributed by atoms with Crippen LogP contribution in [0.5, 0.6) is 0 Å². The van der Waals surface area contributed by atoms with Crippen LogP contribution in [0.15, 0.2) is 58.4 Å². The van der Waals surface area contributed by atoms with Crippen molar-refractivity contribution in [3.05, 3.63) is 69.6 Å². The maximum Gasteiger partial charge on any atom is 0.250 e. The van der Waals surface area contributed by atoms with Gasteiger partial charge in [-0.2, -0.15) is 0 Å². The predicted octanol–water partition coefficient (Wildman–Crippen LogP) is 3.61. The van der Waals surface area contributed by atoms with Gasteiger partial charge in [0.25, 0.3) is 0 Å². The Balaban J connectivity index is 0.00000338. The van der Waals surface area contributed by atoms with Crippen LogP contribution in [-0.4, -0.2) is 36.1 Å². The Bertz CT molecular complexity index is 763. The standard InChI is InChI=1S/C19H25ClN4O.HI/c1-21-19(23(2)15-16-8-7-9-17(20)14-16)22-11-4-6-13-24-12-5-3-10-18(24)25;/h3,5,7-10,12,14H,4,6,11,13,15H2,1-2H3,(H,21,22);1H. The van der Waals surface area contributed by atoms with Crippen LogP contribution < -0.4 is 10.9 Å². The molecule has 142 valence electrons. The summed E-state index contributed by atoms with van der Waals surface area (Å²) in [6, 6.07) is 13.1. The van der Waals surface area contributed by atoms with Crippen molar-refractivity contribution < 1.29 is 0 Å². The SMILES string of the molecule is CN=C(NCCCCn1ccccc1=O)N(C)Cc1cccc(Cl)c1.I. The summed E-state index contributed by atoms with van der Waals surface area (Å²) in [5.41, 5.74) is 1.19. The van der Waals surface area contributed by atoms with Gasteiger partial charge in [-0.25, -0.2) is 0 Å². The van der Waals surface area contributed by atoms with E-state index in [1.165, 1.54) is 0 Å². The Morgan fingerprint density at radius 3 is 2.73 bits per heavy atom. The third-order valence-electron chi connectivity index (χ3n) is 3.89. The largest absolute Gasteiger partial charge is 0.356 e. The van der Waals surface area contributed by atoms with Crippen LogP contribution in [-0.2, 0) is 13.1 Å². The average Bonchev–Trinajstić information content (AvgIpc) is 2.59. The van der Waals surface area contributed by atoms with Gasteiger partial charge in [0.15, 0.2) is 5.96 Å². The number of aryl methyl sites for hydroxylation is 1. The second-order valence-corrected chi connectivity index (χ2v) is 6.34. The molecule has 0 atom stereocenters. The zero-order chi connectivity index (χ0) is 18.1. The Labute approximate surface area is 177 Å². The predicted molar refractivity (Wildman–Crippen MR) is 120 cm³/mol. The quantitative estimate of drug-likeness (QED) is 0.280. The summed E-state index contributed by atoms with van der Waals surface area (Å²) < 4.78 is 1.74. The summed E-state index contributed by atoms with van der Waals surface area (Å²) >= 11 is 6.03. The molecule has 7 heteroatoms. The molecule has 5 nitrogen and oxygen atoms in total. The van der Waals surface area contributed by atoms with Crippen molar-refractivity contribution in [3.63, 3.8) is 0 Å². The number of aromatic nitrogens is 1. The van der Waals surface area contributed by atoms with Crippen molar-refractivity contribution in [2.45, 2.75) is 25.9 Å². The lowest BCUT2D eigenvalue weighted by molar-refractivity contribution is 0.473. The van der Waals surface area contributed by atoms with E-state index in [9.17, 15) is 4.79 Å². The number of unbranched alkanes of at least 4 members (excludes halogenated alkanes) is 1. The molecule has 1 heterocycles. The Morgan fingerprint density at radius 2 is 2.04 bits per heavy atom. The van der Waals surface area contributed by atoms with Crippen LogP contribution in [0.1, 0.15) is 18.4 Å². The summed E-state index contributed by atoms with van der Waals surface area (Å²) in [7, 11) is 3.78. The molecule has 1 aromatic carbocycles. The molecule has 26 heavy (non-hydrogen) atoms. The van der Waals surface area contributed by atoms with Crippen molar-refractivity contribution >= 4 is 41.5 Å². The van der Waals surface area contributed by atoms with Crippen molar-refractivity contribution in [2.24, 2.45) is 4.99 Å². The normalized spacial score (nSPS) is 11.0. The van der Waals surface area contributed by atoms with E-state index in [2.05, 4.69) is 15.2 Å². The molecule has 0 unspecified atom stereocenters. The molecular formula is C19H26ClIN4O. The highest BCUT2D eigenvalue weighted by Gasteiger charge is 2.06. The third-order valence-corrected chi connectivity index (χ3v) is 4.13. The lowest BCUT2D eigenvalue weighted by Gasteiger charge is -2.22. The third kappa shape index (κ3) is 7.37. The first-order valence-electron chi connectivity index (χ1n) is 8.42. The fraction of sp³-hybridized carbons (Fsp3) is 0.368. The van der Waals surface area contributed by atoms with Crippen LogP contribution in [0.4, 0.5) is 0 Å². The smallest absolute Gasteiger partial charge is 0.250 e. The maximum absolute atomic E-state index is 11.6. The van der Waals surface area contributed by atoms with E-state index in [1.807, 2.05) is 43.6 Å². The van der Waals surface area contributed by atoms with E-state index in [-0.39, 0.29) is 29.5 Å². The summed E-state index contributed by atoms with van der Waals surface area (Å²) in [5, 5.41) is 4.10. The highest BCUT2D eigenvalue weighted by molar-refractivity contribution is 14.0. The van der Waals surface area contributed by atoms with Gasteiger partial charge in [-0.3, -0.25) is 9.79 Å². The highest BCUT2D eigenvalue weighted by atomic mass is 127. The van der Waals surface area contributed by atoms with E-state index >= 15 is 0 Å². The number of hydrogen-bond donors (Lipinski definition) is 1. The fourth-order valence-corrected chi connectivity index (χ4v) is 2.83. The summed E-state index contributed by atoms with van der Waals surface area (Å²) in [4.78, 5) is 18.0. The maximum atomic E-state index is 11.6. The molecule has 2 aromatic rings. The first kappa shape index (κ1) is 22.5. The molecule has 0 aliphatic rings. The second kappa shape index (κ2) is 12.0. The van der Waals surface area contributed by atoms with Gasteiger partial charge < -0.3 is 14.8 Å². The average molecular weight is 489 g/mol. The topological polar surface area (TPSA) is 49.6 Å². The number of benzene rings is 1. The molecule has 1 aromatic heterocycles. The minimum absolute atomic E-state index is 0. The molecule has 0 aliphatic heterocycles. The minimum Gasteiger partial charge on any atom is -0.356 e. The van der Waals surface area contributed by atoms with Crippen LogP contribution in [0.2, 0.25) is 5.02 Å². The van der Waals surface area contributed by atoms with E-state index < -0.39 is 0 Å². The van der Waals surface area contributed by atoms with Gasteiger partial charge in [-0.15, -0.1) is 24.0 Å². The summed E-state index contributed by atoms with van der Waals surface area (Å²) in [6.45, 7) is 2.28. The molecule has 0 bridgehead atoms. The lowest BCUT2D eigenvalue weighted by atomic mass is 10.2. The van der Waals surface area contributed by atoms with Crippen molar-refractivity contribution in [3.8, 4) is 0 Å². The number of pyridine rings is 1. The minimum atomic E-state index is 0. The van der Waals surface area contributed by atoms with Crippen LogP contribution in [0.3, 0.4) is 0 Å². The highest BCUT2D eigenvalue weighted by Crippen LogP contribution is 2.12. The molecular weight excluding hydrogens is 463 g/mol. The van der Waals surface area contributed by atoms with Crippen LogP contribution >= 0.6 is 35.6 Å². The van der Waals surface area contributed by atoms with Gasteiger partial charge >= 0.3 is 0 Å². The van der Waals surface area contributed by atoms with Crippen molar-refractivity contribution in [1.82, 2.24) is 14.8 Å². The fourth-order valence-electron chi connectivity index (χ4n) is 2.62. The first-order chi connectivity index (χ1) is 12.1. The molecule has 2 rings (SSSR count). The number of nitrogens with zero attached hydrogens (tertiary/aromatic N) is 3. The molecule has 0 saturated carbocycles. The Kier molecular flexibility index (Phi) is 10.3. The van der Waals surface area contributed by atoms with Gasteiger partial charge in [-0.05, 0) is 36.6 Å². The monoisotopic (exact) mass is 488 g/mol. The van der Waals surface area contributed by atoms with Crippen LogP contribution in [0, 0.1) is 0 Å². The summed E-state index contributed by atoms with van der Waals surface area (Å²) in [5.74, 6) is 0.844. The van der Waals surface area contributed by atoms with Crippen molar-refractivity contribution in [2.75, 3.05) is 20.6 Å². The zero-order valence-electron chi connectivity index (χ0n) is 15.2. The van der Waals surface area contributed by atoms with E-state index in [1.54, 1.807) is 23.7 Å². The summed E-state index contributed by atoms with van der Waals surface area (Å²) in [6.07, 6.45) is 3.73. The number of rotatable bonds is 7. The number of hydrogen-bond acceptors (Lipinski definition) is 2. The molecule has 1 N–H and O–H groups in total. The molecule has 0 fully saturated rings. The van der Waals surface area contributed by atoms with Crippen LogP contribution in [0.25, 0.3) is 0 Å². The molecule has 0 spiro atoms. The van der Waals surface area contributed by atoms with Gasteiger partial charge in [0, 0.05) is 51.0 Å². The lowest BCUT2D eigenvalue weighted by Crippen LogP contribution is -2.38. The molecule has 0 aliphatic carbocycles. The van der Waals surface area contributed by atoms with E-state index in [4.69, 9.17) is 11.6 Å². The van der Waals surface area contributed by atoms with E-state index in [0.717, 1.165) is 49.0 Å². The number of aliphatic imine (C=N–C) groups is 1. The molecule has 0 saturated heterocycles. The van der Waals surface area contributed by atoms with Gasteiger partial charge in [0.1, 0.15) is 0 Å². The Morgan fingerprint density at radius 1 is 1.23 bits per heavy atom. The molecule has 0 radical (unpaired) electrons. The van der Waals surface area contributed by atoms with Gasteiger partial charge in [0.05, 0.1) is 0 Å². The number of guanidine groups is 1. The Hall–Kier alpha value is -1.54.